The first-order chi connectivity index (χ1) is 9.28. The fourth-order valence-corrected chi connectivity index (χ4v) is 2.64. The summed E-state index contributed by atoms with van der Waals surface area (Å²) in [7, 11) is 0. The highest BCUT2D eigenvalue weighted by molar-refractivity contribution is 5.93. The maximum Gasteiger partial charge on any atom is 0.224 e. The number of aromatic nitrogens is 1. The molecule has 4 N–H and O–H groups in total. The first-order valence-electron chi connectivity index (χ1n) is 6.53. The van der Waals surface area contributed by atoms with Gasteiger partial charge in [0.05, 0.1) is 0 Å². The zero-order valence-electron chi connectivity index (χ0n) is 10.6. The van der Waals surface area contributed by atoms with E-state index in [-0.39, 0.29) is 11.8 Å². The second-order valence-corrected chi connectivity index (χ2v) is 4.90. The Morgan fingerprint density at radius 1 is 1.21 bits per heavy atom. The number of benzene rings is 1. The number of carbonyl (C=O) groups excluding carboxylic acids is 1. The van der Waals surface area contributed by atoms with Crippen molar-refractivity contribution in [3.63, 3.8) is 0 Å². The topological polar surface area (TPSA) is 70.9 Å². The van der Waals surface area contributed by atoms with Crippen molar-refractivity contribution >= 4 is 11.6 Å². The number of amides is 1. The number of aromatic amines is 1. The van der Waals surface area contributed by atoms with Crippen molar-refractivity contribution < 1.29 is 4.79 Å². The highest BCUT2D eigenvalue weighted by Gasteiger charge is 2.18. The quantitative estimate of drug-likeness (QED) is 0.785. The number of nitrogens with one attached hydrogen (secondary N) is 2. The number of anilines is 1. The first-order valence-corrected chi connectivity index (χ1v) is 6.53. The van der Waals surface area contributed by atoms with E-state index >= 15 is 0 Å². The Morgan fingerprint density at radius 3 is 2.84 bits per heavy atom. The smallest absolute Gasteiger partial charge is 0.224 e. The highest BCUT2D eigenvalue weighted by atomic mass is 16.1. The van der Waals surface area contributed by atoms with Gasteiger partial charge in [-0.05, 0) is 35.2 Å². The molecule has 4 nitrogen and oxygen atoms in total. The standard InChI is InChI=1S/C15H17N3O/c16-8-13(12-5-6-17-9-12)10-1-3-14-11(7-10)2-4-15(19)18-14/h1,3,5-7,9,13,17H,2,4,8,16H2,(H,18,19). The van der Waals surface area contributed by atoms with E-state index in [9.17, 15) is 4.79 Å². The van der Waals surface area contributed by atoms with Gasteiger partial charge in [0.15, 0.2) is 0 Å². The first kappa shape index (κ1) is 12.0. The third kappa shape index (κ3) is 2.27. The van der Waals surface area contributed by atoms with Crippen molar-refractivity contribution in [2.75, 3.05) is 11.9 Å². The average molecular weight is 255 g/mol. The van der Waals surface area contributed by atoms with Crippen LogP contribution < -0.4 is 11.1 Å². The number of H-pyrrole nitrogens is 1. The Morgan fingerprint density at radius 2 is 2.11 bits per heavy atom. The molecule has 0 saturated carbocycles. The van der Waals surface area contributed by atoms with Crippen LogP contribution in [0.3, 0.4) is 0 Å². The zero-order valence-corrected chi connectivity index (χ0v) is 10.6. The lowest BCUT2D eigenvalue weighted by Gasteiger charge is -2.20. The van der Waals surface area contributed by atoms with E-state index in [2.05, 4.69) is 28.5 Å². The van der Waals surface area contributed by atoms with Gasteiger partial charge < -0.3 is 16.0 Å². The molecular weight excluding hydrogens is 238 g/mol. The number of rotatable bonds is 3. The van der Waals surface area contributed by atoms with Crippen molar-refractivity contribution in [3.05, 3.63) is 53.3 Å². The van der Waals surface area contributed by atoms with Gasteiger partial charge in [-0.1, -0.05) is 12.1 Å². The molecule has 0 fully saturated rings. The van der Waals surface area contributed by atoms with Gasteiger partial charge in [-0.15, -0.1) is 0 Å². The second-order valence-electron chi connectivity index (χ2n) is 4.90. The van der Waals surface area contributed by atoms with Crippen LogP contribution in [0.4, 0.5) is 5.69 Å². The molecule has 1 aliphatic rings. The Labute approximate surface area is 112 Å². The van der Waals surface area contributed by atoms with Crippen molar-refractivity contribution in [3.8, 4) is 0 Å². The average Bonchev–Trinajstić information content (AvgIpc) is 2.93. The van der Waals surface area contributed by atoms with Gasteiger partial charge in [0.1, 0.15) is 0 Å². The summed E-state index contributed by atoms with van der Waals surface area (Å²) >= 11 is 0. The zero-order chi connectivity index (χ0) is 13.2. The van der Waals surface area contributed by atoms with Crippen LogP contribution in [0.1, 0.15) is 29.0 Å². The SMILES string of the molecule is NCC(c1cc[nH]c1)c1ccc2c(c1)CCC(=O)N2. The Balaban J connectivity index is 1.95. The largest absolute Gasteiger partial charge is 0.367 e. The molecule has 1 aliphatic heterocycles. The number of hydrogen-bond acceptors (Lipinski definition) is 2. The van der Waals surface area contributed by atoms with Gasteiger partial charge in [-0.3, -0.25) is 4.79 Å². The van der Waals surface area contributed by atoms with Crippen LogP contribution >= 0.6 is 0 Å². The molecule has 1 aromatic carbocycles. The molecule has 0 radical (unpaired) electrons. The van der Waals surface area contributed by atoms with E-state index in [0.29, 0.717) is 13.0 Å². The molecule has 0 spiro atoms. The summed E-state index contributed by atoms with van der Waals surface area (Å²) in [6, 6.07) is 8.25. The Bertz CT molecular complexity index is 589. The van der Waals surface area contributed by atoms with Gasteiger partial charge >= 0.3 is 0 Å². The number of fused-ring (bicyclic) bond motifs is 1. The van der Waals surface area contributed by atoms with E-state index in [1.54, 1.807) is 0 Å². The van der Waals surface area contributed by atoms with Crippen LogP contribution in [0, 0.1) is 0 Å². The van der Waals surface area contributed by atoms with Crippen molar-refractivity contribution in [2.24, 2.45) is 5.73 Å². The minimum Gasteiger partial charge on any atom is -0.367 e. The number of hydrogen-bond donors (Lipinski definition) is 3. The molecule has 1 aromatic heterocycles. The monoisotopic (exact) mass is 255 g/mol. The summed E-state index contributed by atoms with van der Waals surface area (Å²) < 4.78 is 0. The molecule has 1 atom stereocenters. The molecule has 0 bridgehead atoms. The maximum atomic E-state index is 11.4. The fraction of sp³-hybridized carbons (Fsp3) is 0.267. The van der Waals surface area contributed by atoms with Crippen LogP contribution in [0.2, 0.25) is 0 Å². The minimum atomic E-state index is 0.0984. The third-order valence-corrected chi connectivity index (χ3v) is 3.69. The van der Waals surface area contributed by atoms with E-state index < -0.39 is 0 Å². The van der Waals surface area contributed by atoms with E-state index in [0.717, 1.165) is 12.1 Å². The molecule has 0 aliphatic carbocycles. The molecule has 19 heavy (non-hydrogen) atoms. The molecule has 3 rings (SSSR count). The van der Waals surface area contributed by atoms with Crippen LogP contribution in [-0.4, -0.2) is 17.4 Å². The molecule has 1 amide bonds. The van der Waals surface area contributed by atoms with Crippen molar-refractivity contribution in [2.45, 2.75) is 18.8 Å². The lowest BCUT2D eigenvalue weighted by Crippen LogP contribution is -2.20. The molecular formula is C15H17N3O. The molecule has 0 saturated heterocycles. The van der Waals surface area contributed by atoms with Crippen LogP contribution in [0.15, 0.2) is 36.7 Å². The molecule has 4 heteroatoms. The minimum absolute atomic E-state index is 0.0984. The van der Waals surface area contributed by atoms with E-state index in [1.807, 2.05) is 18.5 Å². The normalized spacial score (nSPS) is 15.7. The number of carbonyl (C=O) groups is 1. The lowest BCUT2D eigenvalue weighted by molar-refractivity contribution is -0.116. The summed E-state index contributed by atoms with van der Waals surface area (Å²) in [5, 5.41) is 2.90. The van der Waals surface area contributed by atoms with Crippen LogP contribution in [-0.2, 0) is 11.2 Å². The predicted octanol–water partition coefficient (Wildman–Crippen LogP) is 1.99. The summed E-state index contributed by atoms with van der Waals surface area (Å²) in [6.07, 6.45) is 5.27. The fourth-order valence-electron chi connectivity index (χ4n) is 2.64. The van der Waals surface area contributed by atoms with Gasteiger partial charge in [0.2, 0.25) is 5.91 Å². The summed E-state index contributed by atoms with van der Waals surface area (Å²) in [5.41, 5.74) is 10.4. The van der Waals surface area contributed by atoms with E-state index in [4.69, 9.17) is 5.73 Å². The molecule has 2 aromatic rings. The second kappa shape index (κ2) is 4.90. The molecule has 2 heterocycles. The number of aryl methyl sites for hydroxylation is 1. The van der Waals surface area contributed by atoms with Gasteiger partial charge in [0.25, 0.3) is 0 Å². The maximum absolute atomic E-state index is 11.4. The number of nitrogens with two attached hydrogens (primary N) is 1. The van der Waals surface area contributed by atoms with Gasteiger partial charge in [-0.2, -0.15) is 0 Å². The summed E-state index contributed by atoms with van der Waals surface area (Å²) in [4.78, 5) is 14.4. The van der Waals surface area contributed by atoms with Crippen LogP contribution in [0.5, 0.6) is 0 Å². The molecule has 98 valence electrons. The summed E-state index contributed by atoms with van der Waals surface area (Å²) in [5.74, 6) is 0.301. The lowest BCUT2D eigenvalue weighted by atomic mass is 9.90. The highest BCUT2D eigenvalue weighted by Crippen LogP contribution is 2.29. The molecule has 1 unspecified atom stereocenters. The van der Waals surface area contributed by atoms with Crippen LogP contribution in [0.25, 0.3) is 0 Å². The van der Waals surface area contributed by atoms with Gasteiger partial charge in [0, 0.05) is 37.0 Å². The van der Waals surface area contributed by atoms with E-state index in [1.165, 1.54) is 16.7 Å². The summed E-state index contributed by atoms with van der Waals surface area (Å²) in [6.45, 7) is 0.572. The Hall–Kier alpha value is -2.07. The van der Waals surface area contributed by atoms with Gasteiger partial charge in [-0.25, -0.2) is 0 Å². The Kier molecular flexibility index (Phi) is 3.09. The van der Waals surface area contributed by atoms with Crippen molar-refractivity contribution in [1.82, 2.24) is 4.98 Å². The third-order valence-electron chi connectivity index (χ3n) is 3.69. The predicted molar refractivity (Wildman–Crippen MR) is 75.1 cm³/mol. The van der Waals surface area contributed by atoms with Crippen molar-refractivity contribution in [1.29, 1.82) is 0 Å².